The molecule has 0 heterocycles. The summed E-state index contributed by atoms with van der Waals surface area (Å²) in [7, 11) is 0. The summed E-state index contributed by atoms with van der Waals surface area (Å²) in [5.74, 6) is 0.236. The predicted octanol–water partition coefficient (Wildman–Crippen LogP) is 4.04. The van der Waals surface area contributed by atoms with Gasteiger partial charge in [0.05, 0.1) is 0 Å². The van der Waals surface area contributed by atoms with Gasteiger partial charge in [0.15, 0.2) is 0 Å². The summed E-state index contributed by atoms with van der Waals surface area (Å²) >= 11 is 0. The quantitative estimate of drug-likeness (QED) is 0.760. The van der Waals surface area contributed by atoms with Crippen LogP contribution in [0.4, 0.5) is 0 Å². The van der Waals surface area contributed by atoms with Crippen molar-refractivity contribution < 1.29 is 9.90 Å². The van der Waals surface area contributed by atoms with Crippen molar-refractivity contribution in [3.63, 3.8) is 0 Å². The molecule has 0 spiro atoms. The number of hydrogen-bond donors (Lipinski definition) is 2. The summed E-state index contributed by atoms with van der Waals surface area (Å²) in [5.41, 5.74) is 2.47. The highest BCUT2D eigenvalue weighted by Crippen LogP contribution is 2.17. The van der Waals surface area contributed by atoms with E-state index in [-0.39, 0.29) is 6.04 Å². The fourth-order valence-corrected chi connectivity index (χ4v) is 2.52. The Morgan fingerprint density at radius 1 is 1.05 bits per heavy atom. The largest absolute Gasteiger partial charge is 0.480 e. The average Bonchev–Trinajstić information content (AvgIpc) is 2.37. The monoisotopic (exact) mass is 291 g/mol. The smallest absolute Gasteiger partial charge is 0.320 e. The number of aliphatic carboxylic acids is 1. The zero-order valence-corrected chi connectivity index (χ0v) is 13.9. The summed E-state index contributed by atoms with van der Waals surface area (Å²) < 4.78 is 0. The Hall–Kier alpha value is -1.35. The number of carboxylic acid groups (broad SMARTS) is 1. The molecule has 0 aliphatic carbocycles. The topological polar surface area (TPSA) is 49.3 Å². The molecule has 0 fully saturated rings. The Bertz CT molecular complexity index is 437. The summed E-state index contributed by atoms with van der Waals surface area (Å²) in [6.45, 7) is 10.5. The van der Waals surface area contributed by atoms with Crippen LogP contribution in [-0.4, -0.2) is 17.1 Å². The molecule has 21 heavy (non-hydrogen) atoms. The molecule has 1 aromatic rings. The minimum atomic E-state index is -0.771. The van der Waals surface area contributed by atoms with Crippen molar-refractivity contribution >= 4 is 5.97 Å². The normalized spacial score (nSPS) is 14.4. The van der Waals surface area contributed by atoms with E-state index in [4.69, 9.17) is 0 Å². The number of nitrogens with one attached hydrogen (secondary N) is 1. The molecule has 2 N–H and O–H groups in total. The Morgan fingerprint density at radius 3 is 2.05 bits per heavy atom. The average molecular weight is 291 g/mol. The van der Waals surface area contributed by atoms with Crippen molar-refractivity contribution in [3.05, 3.63) is 35.4 Å². The van der Waals surface area contributed by atoms with Crippen LogP contribution < -0.4 is 5.32 Å². The van der Waals surface area contributed by atoms with Crippen LogP contribution in [0.1, 0.15) is 58.2 Å². The third-order valence-electron chi connectivity index (χ3n) is 3.58. The van der Waals surface area contributed by atoms with Crippen molar-refractivity contribution in [2.75, 3.05) is 0 Å². The van der Waals surface area contributed by atoms with Gasteiger partial charge in [-0.3, -0.25) is 10.1 Å². The minimum absolute atomic E-state index is 0.0398. The van der Waals surface area contributed by atoms with Crippen molar-refractivity contribution in [1.82, 2.24) is 5.32 Å². The molecule has 0 saturated carbocycles. The molecule has 2 atom stereocenters. The molecule has 1 aromatic carbocycles. The third kappa shape index (κ3) is 6.30. The molecule has 0 saturated heterocycles. The van der Waals surface area contributed by atoms with Crippen LogP contribution in [0.5, 0.6) is 0 Å². The van der Waals surface area contributed by atoms with E-state index in [9.17, 15) is 9.90 Å². The zero-order chi connectivity index (χ0) is 16.0. The number of hydrogen-bond acceptors (Lipinski definition) is 2. The minimum Gasteiger partial charge on any atom is -0.480 e. The van der Waals surface area contributed by atoms with Crippen LogP contribution in [0.3, 0.4) is 0 Å². The van der Waals surface area contributed by atoms with E-state index < -0.39 is 12.0 Å². The van der Waals surface area contributed by atoms with Gasteiger partial charge in [-0.25, -0.2) is 0 Å². The number of carbonyl (C=O) groups is 1. The van der Waals surface area contributed by atoms with E-state index in [1.165, 1.54) is 5.56 Å². The van der Waals surface area contributed by atoms with Crippen LogP contribution in [-0.2, 0) is 11.2 Å². The molecule has 3 nitrogen and oxygen atoms in total. The molecule has 1 rings (SSSR count). The van der Waals surface area contributed by atoms with E-state index in [1.807, 2.05) is 20.8 Å². The molecule has 0 aliphatic rings. The third-order valence-corrected chi connectivity index (χ3v) is 3.58. The lowest BCUT2D eigenvalue weighted by Crippen LogP contribution is -2.39. The standard InChI is InChI=1S/C18H29NO2/c1-12(2)10-15-6-8-16(9-7-15)14(5)19-17(18(20)21)11-13(3)4/h6-9,12-14,17,19H,10-11H2,1-5H3,(H,20,21). The van der Waals surface area contributed by atoms with Crippen LogP contribution in [0.25, 0.3) is 0 Å². The van der Waals surface area contributed by atoms with Crippen molar-refractivity contribution in [2.45, 2.75) is 59.5 Å². The van der Waals surface area contributed by atoms with Gasteiger partial charge in [0.25, 0.3) is 0 Å². The van der Waals surface area contributed by atoms with Gasteiger partial charge in [-0.1, -0.05) is 52.0 Å². The molecule has 118 valence electrons. The van der Waals surface area contributed by atoms with Crippen LogP contribution in [0, 0.1) is 11.8 Å². The Morgan fingerprint density at radius 2 is 1.62 bits per heavy atom. The number of rotatable bonds is 8. The maximum atomic E-state index is 11.3. The lowest BCUT2D eigenvalue weighted by Gasteiger charge is -2.22. The van der Waals surface area contributed by atoms with Gasteiger partial charge in [0, 0.05) is 6.04 Å². The Labute approximate surface area is 128 Å². The highest BCUT2D eigenvalue weighted by Gasteiger charge is 2.21. The van der Waals surface area contributed by atoms with Gasteiger partial charge in [0.1, 0.15) is 6.04 Å². The second kappa shape index (κ2) is 8.18. The van der Waals surface area contributed by atoms with Crippen molar-refractivity contribution in [1.29, 1.82) is 0 Å². The Balaban J connectivity index is 2.69. The molecular formula is C18H29NO2. The zero-order valence-electron chi connectivity index (χ0n) is 13.9. The maximum Gasteiger partial charge on any atom is 0.320 e. The van der Waals surface area contributed by atoms with Crippen LogP contribution in [0.2, 0.25) is 0 Å². The van der Waals surface area contributed by atoms with Gasteiger partial charge in [-0.2, -0.15) is 0 Å². The second-order valence-corrected chi connectivity index (χ2v) is 6.75. The molecule has 0 radical (unpaired) electrons. The molecule has 0 amide bonds. The fourth-order valence-electron chi connectivity index (χ4n) is 2.52. The van der Waals surface area contributed by atoms with Gasteiger partial charge in [0.2, 0.25) is 0 Å². The fraction of sp³-hybridized carbons (Fsp3) is 0.611. The molecular weight excluding hydrogens is 262 g/mol. The van der Waals surface area contributed by atoms with Crippen LogP contribution >= 0.6 is 0 Å². The maximum absolute atomic E-state index is 11.3. The number of benzene rings is 1. The summed E-state index contributed by atoms with van der Waals surface area (Å²) in [6, 6.07) is 8.04. The first-order chi connectivity index (χ1) is 9.79. The highest BCUT2D eigenvalue weighted by atomic mass is 16.4. The van der Waals surface area contributed by atoms with Crippen molar-refractivity contribution in [3.8, 4) is 0 Å². The van der Waals surface area contributed by atoms with E-state index in [0.29, 0.717) is 18.3 Å². The lowest BCUT2D eigenvalue weighted by molar-refractivity contribution is -0.140. The molecule has 3 heteroatoms. The molecule has 0 aromatic heterocycles. The van der Waals surface area contributed by atoms with Crippen LogP contribution in [0.15, 0.2) is 24.3 Å². The first-order valence-corrected chi connectivity index (χ1v) is 7.87. The SMILES string of the molecule is CC(C)Cc1ccc(C(C)NC(CC(C)C)C(=O)O)cc1. The summed E-state index contributed by atoms with van der Waals surface area (Å²) in [6.07, 6.45) is 1.72. The summed E-state index contributed by atoms with van der Waals surface area (Å²) in [5, 5.41) is 12.5. The first kappa shape index (κ1) is 17.7. The van der Waals surface area contributed by atoms with Gasteiger partial charge in [-0.15, -0.1) is 0 Å². The number of carboxylic acids is 1. The molecule has 0 aliphatic heterocycles. The molecule has 0 bridgehead atoms. The summed E-state index contributed by atoms with van der Waals surface area (Å²) in [4.78, 5) is 11.3. The van der Waals surface area contributed by atoms with Crippen molar-refractivity contribution in [2.24, 2.45) is 11.8 Å². The van der Waals surface area contributed by atoms with Gasteiger partial charge >= 0.3 is 5.97 Å². The van der Waals surface area contributed by atoms with E-state index in [1.54, 1.807) is 0 Å². The lowest BCUT2D eigenvalue weighted by atomic mass is 9.98. The first-order valence-electron chi connectivity index (χ1n) is 7.87. The van der Waals surface area contributed by atoms with Gasteiger partial charge < -0.3 is 5.11 Å². The molecule has 2 unspecified atom stereocenters. The van der Waals surface area contributed by atoms with E-state index in [0.717, 1.165) is 12.0 Å². The predicted molar refractivity (Wildman–Crippen MR) is 87.4 cm³/mol. The second-order valence-electron chi connectivity index (χ2n) is 6.75. The van der Waals surface area contributed by atoms with E-state index >= 15 is 0 Å². The van der Waals surface area contributed by atoms with Gasteiger partial charge in [-0.05, 0) is 42.7 Å². The van der Waals surface area contributed by atoms with E-state index in [2.05, 4.69) is 43.4 Å². The highest BCUT2D eigenvalue weighted by molar-refractivity contribution is 5.73. The Kier molecular flexibility index (Phi) is 6.90.